The normalized spacial score (nSPS) is 21.2. The second kappa shape index (κ2) is 8.29. The highest BCUT2D eigenvalue weighted by molar-refractivity contribution is 7.86. The van der Waals surface area contributed by atoms with Crippen molar-refractivity contribution in [3.8, 4) is 0 Å². The molecule has 0 radical (unpaired) electrons. The van der Waals surface area contributed by atoms with Gasteiger partial charge in [-0.25, -0.2) is 0 Å². The minimum Gasteiger partial charge on any atom is -0.317 e. The molecule has 1 N–H and O–H groups in total. The van der Waals surface area contributed by atoms with Crippen LogP contribution in [0.15, 0.2) is 0 Å². The third-order valence-corrected chi connectivity index (χ3v) is 5.78. The first-order valence-electron chi connectivity index (χ1n) is 7.48. The van der Waals surface area contributed by atoms with E-state index in [1.54, 1.807) is 11.4 Å². The number of hydrogen-bond donors (Lipinski definition) is 1. The molecule has 0 aromatic rings. The van der Waals surface area contributed by atoms with Crippen molar-refractivity contribution in [1.29, 1.82) is 0 Å². The van der Waals surface area contributed by atoms with Gasteiger partial charge in [-0.3, -0.25) is 0 Å². The molecule has 1 aliphatic rings. The Hall–Kier alpha value is -0.210. The van der Waals surface area contributed by atoms with Crippen molar-refractivity contribution < 1.29 is 8.42 Å². The highest BCUT2D eigenvalue weighted by Gasteiger charge is 2.34. The average molecular weight is 306 g/mol. The van der Waals surface area contributed by atoms with Crippen molar-refractivity contribution in [2.45, 2.75) is 32.2 Å². The number of hydrogen-bond acceptors (Lipinski definition) is 4. The predicted molar refractivity (Wildman–Crippen MR) is 83.0 cm³/mol. The van der Waals surface area contributed by atoms with Crippen molar-refractivity contribution >= 4 is 10.2 Å². The number of nitrogens with zero attached hydrogens (tertiary/aromatic N) is 3. The topological polar surface area (TPSA) is 55.9 Å². The number of likely N-dealkylation sites (N-methyl/N-ethyl adjacent to an activating group) is 1. The van der Waals surface area contributed by atoms with Crippen LogP contribution < -0.4 is 5.32 Å². The number of nitrogens with one attached hydrogen (secondary N) is 1. The molecule has 0 saturated carbocycles. The van der Waals surface area contributed by atoms with Gasteiger partial charge in [0.25, 0.3) is 10.2 Å². The summed E-state index contributed by atoms with van der Waals surface area (Å²) < 4.78 is 28.0. The second-order valence-electron chi connectivity index (χ2n) is 5.70. The zero-order chi connectivity index (χ0) is 15.2. The lowest BCUT2D eigenvalue weighted by molar-refractivity contribution is 0.298. The molecule has 20 heavy (non-hydrogen) atoms. The van der Waals surface area contributed by atoms with Crippen LogP contribution in [0.4, 0.5) is 0 Å². The van der Waals surface area contributed by atoms with Crippen LogP contribution in [0.3, 0.4) is 0 Å². The molecule has 1 fully saturated rings. The molecule has 0 amide bonds. The van der Waals surface area contributed by atoms with Gasteiger partial charge >= 0.3 is 0 Å². The van der Waals surface area contributed by atoms with Gasteiger partial charge in [0.2, 0.25) is 0 Å². The van der Waals surface area contributed by atoms with Gasteiger partial charge in [0.05, 0.1) is 0 Å². The molecule has 1 heterocycles. The third-order valence-electron chi connectivity index (χ3n) is 3.83. The van der Waals surface area contributed by atoms with E-state index < -0.39 is 10.2 Å². The van der Waals surface area contributed by atoms with E-state index in [0.717, 1.165) is 32.4 Å². The maximum Gasteiger partial charge on any atom is 0.281 e. The predicted octanol–water partition coefficient (Wildman–Crippen LogP) is 0.189. The van der Waals surface area contributed by atoms with Crippen LogP contribution in [0, 0.1) is 0 Å². The number of rotatable bonds is 9. The fraction of sp³-hybridized carbons (Fsp3) is 1.00. The summed E-state index contributed by atoms with van der Waals surface area (Å²) in [6.45, 7) is 5.79. The van der Waals surface area contributed by atoms with Crippen molar-refractivity contribution in [2.24, 2.45) is 0 Å². The maximum absolute atomic E-state index is 12.4. The summed E-state index contributed by atoms with van der Waals surface area (Å²) in [6, 6.07) is 0.337. The highest BCUT2D eigenvalue weighted by atomic mass is 32.2. The molecule has 0 spiro atoms. The monoisotopic (exact) mass is 306 g/mol. The molecule has 120 valence electrons. The molecule has 1 atom stereocenters. The van der Waals surface area contributed by atoms with Gasteiger partial charge in [-0.05, 0) is 46.4 Å². The van der Waals surface area contributed by atoms with E-state index in [1.807, 2.05) is 14.1 Å². The van der Waals surface area contributed by atoms with Crippen molar-refractivity contribution in [2.75, 3.05) is 53.9 Å². The molecule has 6 nitrogen and oxygen atoms in total. The first-order chi connectivity index (χ1) is 9.39. The lowest BCUT2D eigenvalue weighted by Crippen LogP contribution is -2.43. The summed E-state index contributed by atoms with van der Waals surface area (Å²) in [5, 5.41) is 3.29. The summed E-state index contributed by atoms with van der Waals surface area (Å²) >= 11 is 0. The zero-order valence-electron chi connectivity index (χ0n) is 13.3. The fourth-order valence-corrected chi connectivity index (χ4v) is 3.83. The van der Waals surface area contributed by atoms with Gasteiger partial charge in [-0.2, -0.15) is 17.0 Å². The first-order valence-corrected chi connectivity index (χ1v) is 8.87. The van der Waals surface area contributed by atoms with E-state index in [4.69, 9.17) is 0 Å². The molecule has 1 aliphatic heterocycles. The summed E-state index contributed by atoms with van der Waals surface area (Å²) in [7, 11) is 2.40. The van der Waals surface area contributed by atoms with E-state index in [-0.39, 0.29) is 0 Å². The van der Waals surface area contributed by atoms with Gasteiger partial charge in [0.1, 0.15) is 0 Å². The van der Waals surface area contributed by atoms with Crippen LogP contribution >= 0.6 is 0 Å². The van der Waals surface area contributed by atoms with Crippen molar-refractivity contribution in [3.63, 3.8) is 0 Å². The molecular formula is C13H30N4O2S. The van der Waals surface area contributed by atoms with Crippen molar-refractivity contribution in [1.82, 2.24) is 18.8 Å². The Morgan fingerprint density at radius 2 is 1.95 bits per heavy atom. The summed E-state index contributed by atoms with van der Waals surface area (Å²) in [5.74, 6) is 0. The molecule has 0 aromatic carbocycles. The van der Waals surface area contributed by atoms with Gasteiger partial charge < -0.3 is 10.2 Å². The quantitative estimate of drug-likeness (QED) is 0.618. The maximum atomic E-state index is 12.4. The molecule has 1 unspecified atom stereocenters. The smallest absolute Gasteiger partial charge is 0.281 e. The molecule has 1 saturated heterocycles. The van der Waals surface area contributed by atoms with E-state index in [2.05, 4.69) is 17.1 Å². The minimum atomic E-state index is -3.29. The molecule has 0 bridgehead atoms. The lowest BCUT2D eigenvalue weighted by atomic mass is 10.2. The molecule has 0 aliphatic carbocycles. The standard InChI is InChI=1S/C13H30N4O2S/c1-5-8-14-9-6-10-16(4)20(18,19)17-11-7-13(12-17)15(2)3/h13-14H,5-12H2,1-4H3. The van der Waals surface area contributed by atoms with Gasteiger partial charge in [-0.15, -0.1) is 0 Å². The van der Waals surface area contributed by atoms with E-state index in [0.29, 0.717) is 25.7 Å². The van der Waals surface area contributed by atoms with Crippen LogP contribution in [0.1, 0.15) is 26.2 Å². The molecular weight excluding hydrogens is 276 g/mol. The van der Waals surface area contributed by atoms with Gasteiger partial charge in [-0.1, -0.05) is 6.92 Å². The summed E-state index contributed by atoms with van der Waals surface area (Å²) in [6.07, 6.45) is 2.87. The molecule has 7 heteroatoms. The van der Waals surface area contributed by atoms with Crippen LogP contribution in [0.5, 0.6) is 0 Å². The Kier molecular flexibility index (Phi) is 7.39. The second-order valence-corrected chi connectivity index (χ2v) is 7.73. The van der Waals surface area contributed by atoms with Gasteiger partial charge in [0.15, 0.2) is 0 Å². The van der Waals surface area contributed by atoms with Crippen molar-refractivity contribution in [3.05, 3.63) is 0 Å². The molecule has 0 aromatic heterocycles. The van der Waals surface area contributed by atoms with Gasteiger partial charge in [0, 0.05) is 32.7 Å². The first kappa shape index (κ1) is 17.8. The Morgan fingerprint density at radius 1 is 1.25 bits per heavy atom. The zero-order valence-corrected chi connectivity index (χ0v) is 14.1. The summed E-state index contributed by atoms with van der Waals surface area (Å²) in [4.78, 5) is 2.10. The largest absolute Gasteiger partial charge is 0.317 e. The average Bonchev–Trinajstić information content (AvgIpc) is 2.88. The fourth-order valence-electron chi connectivity index (χ4n) is 2.38. The summed E-state index contributed by atoms with van der Waals surface area (Å²) in [5.41, 5.74) is 0. The Labute approximate surface area is 124 Å². The van der Waals surface area contributed by atoms with E-state index in [9.17, 15) is 8.42 Å². The van der Waals surface area contributed by atoms with Crippen LogP contribution in [0.25, 0.3) is 0 Å². The van der Waals surface area contributed by atoms with Crippen LogP contribution in [-0.4, -0.2) is 81.8 Å². The highest BCUT2D eigenvalue weighted by Crippen LogP contribution is 2.18. The lowest BCUT2D eigenvalue weighted by Gasteiger charge is -2.25. The molecule has 1 rings (SSSR count). The minimum absolute atomic E-state index is 0.337. The Balaban J connectivity index is 2.40. The van der Waals surface area contributed by atoms with E-state index in [1.165, 1.54) is 4.31 Å². The third kappa shape index (κ3) is 4.96. The Morgan fingerprint density at radius 3 is 2.50 bits per heavy atom. The SMILES string of the molecule is CCCNCCCN(C)S(=O)(=O)N1CCC(N(C)C)C1. The van der Waals surface area contributed by atoms with Crippen LogP contribution in [-0.2, 0) is 10.2 Å². The van der Waals surface area contributed by atoms with Crippen LogP contribution in [0.2, 0.25) is 0 Å². The Bertz CT molecular complexity index is 373. The van der Waals surface area contributed by atoms with E-state index >= 15 is 0 Å².